The summed E-state index contributed by atoms with van der Waals surface area (Å²) in [5.74, 6) is -0.347. The van der Waals surface area contributed by atoms with Gasteiger partial charge in [-0.3, -0.25) is 0 Å². The highest BCUT2D eigenvalue weighted by Crippen LogP contribution is 2.28. The summed E-state index contributed by atoms with van der Waals surface area (Å²) in [6, 6.07) is 3.17. The topological polar surface area (TPSA) is 63.6 Å². The van der Waals surface area contributed by atoms with E-state index in [9.17, 15) is 14.7 Å². The molecule has 0 aromatic heterocycles. The number of hydrogen-bond donors (Lipinski definition) is 1. The van der Waals surface area contributed by atoms with Gasteiger partial charge in [-0.15, -0.1) is 0 Å². The number of ether oxygens (including phenoxy) is 1. The van der Waals surface area contributed by atoms with Gasteiger partial charge in [0, 0.05) is 5.56 Å². The van der Waals surface area contributed by atoms with Gasteiger partial charge in [-0.05, 0) is 24.1 Å². The van der Waals surface area contributed by atoms with Crippen molar-refractivity contribution in [1.29, 1.82) is 0 Å². The van der Waals surface area contributed by atoms with E-state index in [1.165, 1.54) is 0 Å². The predicted molar refractivity (Wildman–Crippen MR) is 51.3 cm³/mol. The predicted octanol–water partition coefficient (Wildman–Crippen LogP) is 0.898. The van der Waals surface area contributed by atoms with Crippen molar-refractivity contribution in [2.24, 2.45) is 0 Å². The van der Waals surface area contributed by atoms with Crippen LogP contribution in [0.4, 0.5) is 0 Å². The molecule has 0 saturated carbocycles. The molecule has 0 saturated heterocycles. The minimum Gasteiger partial charge on any atom is -0.457 e. The molecule has 1 aliphatic heterocycles. The molecule has 1 heterocycles. The highest BCUT2D eigenvalue weighted by molar-refractivity contribution is 5.94. The van der Waals surface area contributed by atoms with Gasteiger partial charge in [0.05, 0.1) is 5.56 Å². The normalized spacial score (nSPS) is 15.7. The van der Waals surface area contributed by atoms with Crippen LogP contribution in [0.15, 0.2) is 12.1 Å². The third-order valence-electron chi connectivity index (χ3n) is 2.66. The molecule has 1 N–H and O–H groups in total. The van der Waals surface area contributed by atoms with Crippen LogP contribution in [0.1, 0.15) is 33.2 Å². The average Bonchev–Trinajstić information content (AvgIpc) is 2.61. The van der Waals surface area contributed by atoms with E-state index in [4.69, 9.17) is 4.74 Å². The number of hydrogen-bond acceptors (Lipinski definition) is 4. The summed E-state index contributed by atoms with van der Waals surface area (Å²) in [7, 11) is 0. The van der Waals surface area contributed by atoms with Gasteiger partial charge in [0.25, 0.3) is 0 Å². The van der Waals surface area contributed by atoms with Crippen LogP contribution in [0.25, 0.3) is 0 Å². The smallest absolute Gasteiger partial charge is 0.338 e. The number of benzene rings is 1. The van der Waals surface area contributed by atoms with Crippen LogP contribution in [-0.2, 0) is 16.1 Å². The maximum absolute atomic E-state index is 11.2. The van der Waals surface area contributed by atoms with Gasteiger partial charge in [-0.25, -0.2) is 4.79 Å². The summed E-state index contributed by atoms with van der Waals surface area (Å²) < 4.78 is 4.86. The van der Waals surface area contributed by atoms with E-state index < -0.39 is 6.10 Å². The molecule has 4 heteroatoms. The Morgan fingerprint density at radius 2 is 2.27 bits per heavy atom. The summed E-state index contributed by atoms with van der Waals surface area (Å²) in [5.41, 5.74) is 2.56. The summed E-state index contributed by atoms with van der Waals surface area (Å²) in [5, 5.41) is 9.41. The van der Waals surface area contributed by atoms with Crippen LogP contribution in [0.5, 0.6) is 0 Å². The van der Waals surface area contributed by atoms with Crippen molar-refractivity contribution in [3.63, 3.8) is 0 Å². The van der Waals surface area contributed by atoms with E-state index in [0.29, 0.717) is 17.4 Å². The molecule has 1 aliphatic rings. The largest absolute Gasteiger partial charge is 0.457 e. The Bertz CT molecular complexity index is 436. The second-order valence-electron chi connectivity index (χ2n) is 3.46. The fraction of sp³-hybridized carbons (Fsp3) is 0.273. The van der Waals surface area contributed by atoms with Crippen LogP contribution < -0.4 is 0 Å². The van der Waals surface area contributed by atoms with Gasteiger partial charge < -0.3 is 14.6 Å². The van der Waals surface area contributed by atoms with Gasteiger partial charge in [-0.1, -0.05) is 6.07 Å². The zero-order valence-electron chi connectivity index (χ0n) is 8.19. The molecule has 0 fully saturated rings. The summed E-state index contributed by atoms with van der Waals surface area (Å²) in [6.45, 7) is 1.99. The van der Waals surface area contributed by atoms with Gasteiger partial charge in [0.15, 0.2) is 6.29 Å². The molecule has 4 nitrogen and oxygen atoms in total. The van der Waals surface area contributed by atoms with Crippen molar-refractivity contribution < 1.29 is 19.4 Å². The first kappa shape index (κ1) is 9.86. The Morgan fingerprint density at radius 1 is 1.53 bits per heavy atom. The Hall–Kier alpha value is -1.68. The SMILES string of the molecule is Cc1c([C@@H](O)C=O)ccc2c1COC2=O. The van der Waals surface area contributed by atoms with Crippen molar-refractivity contribution in [2.75, 3.05) is 0 Å². The molecule has 0 unspecified atom stereocenters. The fourth-order valence-electron chi connectivity index (χ4n) is 1.76. The number of cyclic esters (lactones) is 1. The van der Waals surface area contributed by atoms with Crippen molar-refractivity contribution in [2.45, 2.75) is 19.6 Å². The molecular weight excluding hydrogens is 196 g/mol. The zero-order valence-corrected chi connectivity index (χ0v) is 8.19. The molecule has 0 radical (unpaired) electrons. The molecular formula is C11H10O4. The van der Waals surface area contributed by atoms with E-state index >= 15 is 0 Å². The molecule has 0 aliphatic carbocycles. The lowest BCUT2D eigenvalue weighted by Gasteiger charge is -2.10. The third-order valence-corrected chi connectivity index (χ3v) is 2.66. The first-order valence-electron chi connectivity index (χ1n) is 4.58. The molecule has 2 rings (SSSR count). The van der Waals surface area contributed by atoms with Crippen LogP contribution >= 0.6 is 0 Å². The number of aldehydes is 1. The summed E-state index contributed by atoms with van der Waals surface area (Å²) in [6.07, 6.45) is -0.669. The average molecular weight is 206 g/mol. The van der Waals surface area contributed by atoms with Crippen LogP contribution in [-0.4, -0.2) is 17.4 Å². The lowest BCUT2D eigenvalue weighted by molar-refractivity contribution is -0.115. The molecule has 1 aromatic carbocycles. The van der Waals surface area contributed by atoms with Gasteiger partial charge >= 0.3 is 5.97 Å². The second-order valence-corrected chi connectivity index (χ2v) is 3.46. The monoisotopic (exact) mass is 206 g/mol. The van der Waals surface area contributed by atoms with Crippen molar-refractivity contribution in [3.05, 3.63) is 34.4 Å². The Labute approximate surface area is 86.5 Å². The van der Waals surface area contributed by atoms with Crippen LogP contribution in [0.2, 0.25) is 0 Å². The van der Waals surface area contributed by atoms with E-state index in [1.807, 2.05) is 0 Å². The highest BCUT2D eigenvalue weighted by Gasteiger charge is 2.25. The number of aliphatic hydroxyl groups excluding tert-OH is 1. The number of carbonyl (C=O) groups is 2. The fourth-order valence-corrected chi connectivity index (χ4v) is 1.76. The zero-order chi connectivity index (χ0) is 11.0. The van der Waals surface area contributed by atoms with Gasteiger partial charge in [-0.2, -0.15) is 0 Å². The number of aliphatic hydroxyl groups is 1. The Kier molecular flexibility index (Phi) is 2.28. The molecule has 78 valence electrons. The minimum absolute atomic E-state index is 0.222. The Balaban J connectivity index is 2.55. The lowest BCUT2D eigenvalue weighted by Crippen LogP contribution is -2.04. The van der Waals surface area contributed by atoms with E-state index in [2.05, 4.69) is 0 Å². The van der Waals surface area contributed by atoms with Crippen LogP contribution in [0, 0.1) is 6.92 Å². The van der Waals surface area contributed by atoms with Crippen LogP contribution in [0.3, 0.4) is 0 Å². The standard InChI is InChI=1S/C11H10O4/c1-6-7(10(13)4-12)2-3-8-9(6)5-15-11(8)14/h2-4,10,13H,5H2,1H3/t10-/m0/s1. The van der Waals surface area contributed by atoms with E-state index in [1.54, 1.807) is 19.1 Å². The molecule has 15 heavy (non-hydrogen) atoms. The number of carbonyl (C=O) groups excluding carboxylic acids is 2. The first-order valence-corrected chi connectivity index (χ1v) is 4.58. The summed E-state index contributed by atoms with van der Waals surface area (Å²) in [4.78, 5) is 21.7. The van der Waals surface area contributed by atoms with Crippen molar-refractivity contribution in [1.82, 2.24) is 0 Å². The Morgan fingerprint density at radius 3 is 2.93 bits per heavy atom. The highest BCUT2D eigenvalue weighted by atomic mass is 16.5. The second kappa shape index (κ2) is 3.47. The number of esters is 1. The molecule has 1 atom stereocenters. The first-order chi connectivity index (χ1) is 7.15. The third kappa shape index (κ3) is 1.43. The van der Waals surface area contributed by atoms with Crippen molar-refractivity contribution in [3.8, 4) is 0 Å². The minimum atomic E-state index is -1.13. The molecule has 0 bridgehead atoms. The molecule has 0 amide bonds. The molecule has 1 aromatic rings. The van der Waals surface area contributed by atoms with E-state index in [-0.39, 0.29) is 12.6 Å². The lowest BCUT2D eigenvalue weighted by atomic mass is 9.96. The number of fused-ring (bicyclic) bond motifs is 1. The quantitative estimate of drug-likeness (QED) is 0.576. The van der Waals surface area contributed by atoms with Gasteiger partial charge in [0.2, 0.25) is 0 Å². The maximum atomic E-state index is 11.2. The van der Waals surface area contributed by atoms with E-state index in [0.717, 1.165) is 11.1 Å². The maximum Gasteiger partial charge on any atom is 0.338 e. The van der Waals surface area contributed by atoms with Gasteiger partial charge in [0.1, 0.15) is 12.7 Å². The number of rotatable bonds is 2. The summed E-state index contributed by atoms with van der Waals surface area (Å²) >= 11 is 0. The molecule has 0 spiro atoms. The van der Waals surface area contributed by atoms with Crippen molar-refractivity contribution >= 4 is 12.3 Å².